The van der Waals surface area contributed by atoms with E-state index in [4.69, 9.17) is 23.2 Å². The van der Waals surface area contributed by atoms with Crippen molar-refractivity contribution in [2.24, 2.45) is 7.05 Å². The van der Waals surface area contributed by atoms with Gasteiger partial charge in [0, 0.05) is 18.1 Å². The molecule has 2 aromatic heterocycles. The number of nitrogens with one attached hydrogen (secondary N) is 1. The smallest absolute Gasteiger partial charge is 0.137 e. The van der Waals surface area contributed by atoms with Crippen LogP contribution in [0.2, 0.25) is 10.2 Å². The molecule has 1 aromatic carbocycles. The van der Waals surface area contributed by atoms with Crippen molar-refractivity contribution in [3.8, 4) is 0 Å². The van der Waals surface area contributed by atoms with E-state index < -0.39 is 0 Å². The van der Waals surface area contributed by atoms with E-state index in [-0.39, 0.29) is 0 Å². The Hall–Kier alpha value is -1.78. The summed E-state index contributed by atoms with van der Waals surface area (Å²) >= 11 is 12.1. The Kier molecular flexibility index (Phi) is 3.51. The molecule has 0 bridgehead atoms. The van der Waals surface area contributed by atoms with Crippen LogP contribution in [0.3, 0.4) is 0 Å². The van der Waals surface area contributed by atoms with Crippen LogP contribution < -0.4 is 5.32 Å². The molecule has 0 radical (unpaired) electrons. The summed E-state index contributed by atoms with van der Waals surface area (Å²) in [5, 5.41) is 5.38. The summed E-state index contributed by atoms with van der Waals surface area (Å²) < 4.78 is 1.85. The molecule has 3 rings (SSSR count). The summed E-state index contributed by atoms with van der Waals surface area (Å²) in [6.07, 6.45) is 1.55. The van der Waals surface area contributed by atoms with Crippen LogP contribution in [0.15, 0.2) is 36.7 Å². The average Bonchev–Trinajstić information content (AvgIpc) is 2.72. The molecular formula is C14H12Cl2N4. The first-order valence-corrected chi connectivity index (χ1v) is 6.85. The van der Waals surface area contributed by atoms with Crippen LogP contribution in [0.5, 0.6) is 0 Å². The molecule has 4 nitrogen and oxygen atoms in total. The van der Waals surface area contributed by atoms with E-state index in [9.17, 15) is 0 Å². The number of anilines is 1. The highest BCUT2D eigenvalue weighted by Crippen LogP contribution is 2.26. The summed E-state index contributed by atoms with van der Waals surface area (Å²) in [5.41, 5.74) is 1.90. The predicted octanol–water partition coefficient (Wildman–Crippen LogP) is 3.89. The van der Waals surface area contributed by atoms with E-state index in [1.807, 2.05) is 41.9 Å². The topological polar surface area (TPSA) is 42.7 Å². The second-order valence-electron chi connectivity index (χ2n) is 4.43. The third-order valence-corrected chi connectivity index (χ3v) is 4.04. The quantitative estimate of drug-likeness (QED) is 0.798. The minimum Gasteiger partial charge on any atom is -0.364 e. The first-order valence-electron chi connectivity index (χ1n) is 6.10. The molecule has 20 heavy (non-hydrogen) atoms. The summed E-state index contributed by atoms with van der Waals surface area (Å²) in [6, 6.07) is 9.71. The van der Waals surface area contributed by atoms with Crippen molar-refractivity contribution in [1.29, 1.82) is 0 Å². The lowest BCUT2D eigenvalue weighted by Crippen LogP contribution is -2.06. The molecule has 1 N–H and O–H groups in total. The standard InChI is InChI=1S/C14H12Cl2N4/c1-20-9(6-11(15)13(20)16)7-17-14-10-4-2-3-5-12(10)18-8-19-14/h2-6,8H,7H2,1H3,(H,17,18,19). The van der Waals surface area contributed by atoms with Crippen LogP contribution in [0.1, 0.15) is 5.69 Å². The van der Waals surface area contributed by atoms with Crippen molar-refractivity contribution in [1.82, 2.24) is 14.5 Å². The molecule has 0 unspecified atom stereocenters. The normalized spacial score (nSPS) is 10.9. The molecule has 0 saturated carbocycles. The Morgan fingerprint density at radius 2 is 2.00 bits per heavy atom. The second kappa shape index (κ2) is 5.31. The summed E-state index contributed by atoms with van der Waals surface area (Å²) in [6.45, 7) is 0.587. The van der Waals surface area contributed by atoms with Gasteiger partial charge in [0.25, 0.3) is 0 Å². The van der Waals surface area contributed by atoms with Gasteiger partial charge >= 0.3 is 0 Å². The van der Waals surface area contributed by atoms with Crippen molar-refractivity contribution in [3.05, 3.63) is 52.5 Å². The minimum atomic E-state index is 0.538. The Morgan fingerprint density at radius 1 is 1.20 bits per heavy atom. The van der Waals surface area contributed by atoms with E-state index in [0.29, 0.717) is 16.7 Å². The Morgan fingerprint density at radius 3 is 2.75 bits per heavy atom. The lowest BCUT2D eigenvalue weighted by atomic mass is 10.2. The second-order valence-corrected chi connectivity index (χ2v) is 5.19. The molecule has 0 saturated heterocycles. The highest BCUT2D eigenvalue weighted by Gasteiger charge is 2.09. The van der Waals surface area contributed by atoms with E-state index in [0.717, 1.165) is 22.4 Å². The number of hydrogen-bond donors (Lipinski definition) is 1. The zero-order chi connectivity index (χ0) is 14.1. The molecule has 0 atom stereocenters. The van der Waals surface area contributed by atoms with Crippen molar-refractivity contribution in [3.63, 3.8) is 0 Å². The molecule has 0 aliphatic carbocycles. The first kappa shape index (κ1) is 13.2. The number of aromatic nitrogens is 3. The average molecular weight is 307 g/mol. The van der Waals surface area contributed by atoms with Gasteiger partial charge < -0.3 is 9.88 Å². The Bertz CT molecular complexity index is 762. The highest BCUT2D eigenvalue weighted by atomic mass is 35.5. The molecule has 2 heterocycles. The lowest BCUT2D eigenvalue weighted by molar-refractivity contribution is 0.841. The number of benzene rings is 1. The van der Waals surface area contributed by atoms with Gasteiger partial charge in [0.2, 0.25) is 0 Å². The maximum absolute atomic E-state index is 6.05. The van der Waals surface area contributed by atoms with Crippen LogP contribution in [0, 0.1) is 0 Å². The maximum atomic E-state index is 6.05. The molecule has 0 amide bonds. The highest BCUT2D eigenvalue weighted by molar-refractivity contribution is 6.41. The van der Waals surface area contributed by atoms with Crippen molar-refractivity contribution >= 4 is 39.9 Å². The number of fused-ring (bicyclic) bond motifs is 1. The molecule has 102 valence electrons. The number of para-hydroxylation sites is 1. The third-order valence-electron chi connectivity index (χ3n) is 3.20. The van der Waals surface area contributed by atoms with Crippen molar-refractivity contribution in [2.75, 3.05) is 5.32 Å². The van der Waals surface area contributed by atoms with E-state index in [1.165, 1.54) is 0 Å². The van der Waals surface area contributed by atoms with Gasteiger partial charge in [-0.1, -0.05) is 35.3 Å². The van der Waals surface area contributed by atoms with Crippen LogP contribution in [-0.4, -0.2) is 14.5 Å². The molecule has 0 fully saturated rings. The van der Waals surface area contributed by atoms with E-state index in [1.54, 1.807) is 6.33 Å². The SMILES string of the molecule is Cn1c(CNc2ncnc3ccccc23)cc(Cl)c1Cl. The fourth-order valence-electron chi connectivity index (χ4n) is 2.08. The van der Waals surface area contributed by atoms with Crippen molar-refractivity contribution in [2.45, 2.75) is 6.54 Å². The zero-order valence-corrected chi connectivity index (χ0v) is 12.3. The van der Waals surface area contributed by atoms with Gasteiger partial charge in [-0.15, -0.1) is 0 Å². The third kappa shape index (κ3) is 2.32. The molecule has 0 aliphatic heterocycles. The van der Waals surface area contributed by atoms with Crippen LogP contribution in [-0.2, 0) is 13.6 Å². The molecule has 3 aromatic rings. The van der Waals surface area contributed by atoms with Crippen LogP contribution in [0.25, 0.3) is 10.9 Å². The zero-order valence-electron chi connectivity index (χ0n) is 10.8. The summed E-state index contributed by atoms with van der Waals surface area (Å²) in [4.78, 5) is 8.52. The molecule has 0 aliphatic rings. The minimum absolute atomic E-state index is 0.538. The van der Waals surface area contributed by atoms with Crippen LogP contribution in [0.4, 0.5) is 5.82 Å². The number of hydrogen-bond acceptors (Lipinski definition) is 3. The largest absolute Gasteiger partial charge is 0.364 e. The van der Waals surface area contributed by atoms with Gasteiger partial charge in [-0.3, -0.25) is 0 Å². The van der Waals surface area contributed by atoms with Gasteiger partial charge in [-0.05, 0) is 18.2 Å². The van der Waals surface area contributed by atoms with Gasteiger partial charge in [-0.2, -0.15) is 0 Å². The van der Waals surface area contributed by atoms with Crippen LogP contribution >= 0.6 is 23.2 Å². The maximum Gasteiger partial charge on any atom is 0.137 e. The van der Waals surface area contributed by atoms with Gasteiger partial charge in [0.15, 0.2) is 0 Å². The van der Waals surface area contributed by atoms with Crippen molar-refractivity contribution < 1.29 is 0 Å². The van der Waals surface area contributed by atoms with Gasteiger partial charge in [0.05, 0.1) is 17.1 Å². The Labute approximate surface area is 126 Å². The van der Waals surface area contributed by atoms with E-state index in [2.05, 4.69) is 15.3 Å². The lowest BCUT2D eigenvalue weighted by Gasteiger charge is -2.09. The molecule has 0 spiro atoms. The number of rotatable bonds is 3. The predicted molar refractivity (Wildman–Crippen MR) is 82.3 cm³/mol. The fourth-order valence-corrected chi connectivity index (χ4v) is 2.49. The summed E-state index contributed by atoms with van der Waals surface area (Å²) in [7, 11) is 1.88. The summed E-state index contributed by atoms with van der Waals surface area (Å²) in [5.74, 6) is 0.795. The molecular weight excluding hydrogens is 295 g/mol. The monoisotopic (exact) mass is 306 g/mol. The number of halogens is 2. The van der Waals surface area contributed by atoms with Gasteiger partial charge in [0.1, 0.15) is 17.3 Å². The van der Waals surface area contributed by atoms with E-state index >= 15 is 0 Å². The molecule has 6 heteroatoms. The number of nitrogens with zero attached hydrogens (tertiary/aromatic N) is 3. The fraction of sp³-hybridized carbons (Fsp3) is 0.143. The first-order chi connectivity index (χ1) is 9.66. The Balaban J connectivity index is 1.89. The van der Waals surface area contributed by atoms with Gasteiger partial charge in [-0.25, -0.2) is 9.97 Å².